The fourth-order valence-electron chi connectivity index (χ4n) is 4.09. The predicted molar refractivity (Wildman–Crippen MR) is 63.7 cm³/mol. The molecule has 0 amide bonds. The van der Waals surface area contributed by atoms with E-state index in [1.54, 1.807) is 0 Å². The van der Waals surface area contributed by atoms with Crippen LogP contribution in [0.3, 0.4) is 0 Å². The number of aliphatic hydroxyl groups is 2. The summed E-state index contributed by atoms with van der Waals surface area (Å²) in [4.78, 5) is 0. The van der Waals surface area contributed by atoms with Gasteiger partial charge in [0.2, 0.25) is 0 Å². The average Bonchev–Trinajstić information content (AvgIpc) is 2.70. The number of ether oxygens (including phenoxy) is 1. The normalized spacial score (nSPS) is 44.8. The molecule has 0 aromatic carbocycles. The molecular weight excluding hydrogens is 218 g/mol. The van der Waals surface area contributed by atoms with E-state index in [1.807, 2.05) is 0 Å². The second-order valence-electron chi connectivity index (χ2n) is 6.13. The van der Waals surface area contributed by atoms with Crippen molar-refractivity contribution in [1.82, 2.24) is 5.32 Å². The van der Waals surface area contributed by atoms with E-state index in [0.717, 1.165) is 25.7 Å². The Labute approximate surface area is 102 Å². The van der Waals surface area contributed by atoms with Crippen LogP contribution in [-0.2, 0) is 4.74 Å². The number of fused-ring (bicyclic) bond motifs is 2. The molecule has 3 aliphatic heterocycles. The van der Waals surface area contributed by atoms with Gasteiger partial charge in [-0.2, -0.15) is 0 Å². The van der Waals surface area contributed by atoms with Crippen LogP contribution in [-0.4, -0.2) is 47.7 Å². The lowest BCUT2D eigenvalue weighted by Crippen LogP contribution is -2.60. The van der Waals surface area contributed by atoms with Crippen LogP contribution in [0.4, 0.5) is 0 Å². The first kappa shape index (κ1) is 11.9. The number of piperidine rings is 1. The Morgan fingerprint density at radius 3 is 2.24 bits per heavy atom. The molecule has 3 heterocycles. The Balaban J connectivity index is 1.84. The molecule has 3 saturated heterocycles. The smallest absolute Gasteiger partial charge is 0.0756 e. The molecule has 3 rings (SSSR count). The highest BCUT2D eigenvalue weighted by atomic mass is 16.5. The monoisotopic (exact) mass is 241 g/mol. The zero-order chi connectivity index (χ0) is 11.9. The molecule has 3 aliphatic rings. The van der Waals surface area contributed by atoms with Crippen LogP contribution in [0.1, 0.15) is 38.5 Å². The molecule has 17 heavy (non-hydrogen) atoms. The van der Waals surface area contributed by atoms with Crippen molar-refractivity contribution >= 4 is 0 Å². The third kappa shape index (κ3) is 1.82. The Morgan fingerprint density at radius 2 is 1.71 bits per heavy atom. The summed E-state index contributed by atoms with van der Waals surface area (Å²) in [5.41, 5.74) is -1.02. The molecule has 0 aromatic rings. The van der Waals surface area contributed by atoms with Gasteiger partial charge in [0, 0.05) is 30.7 Å². The van der Waals surface area contributed by atoms with Crippen LogP contribution in [0.15, 0.2) is 0 Å². The summed E-state index contributed by atoms with van der Waals surface area (Å²) in [7, 11) is 0. The quantitative estimate of drug-likeness (QED) is 0.656. The van der Waals surface area contributed by atoms with E-state index < -0.39 is 5.60 Å². The Morgan fingerprint density at radius 1 is 1.12 bits per heavy atom. The molecule has 0 saturated carbocycles. The molecule has 4 heteroatoms. The van der Waals surface area contributed by atoms with Crippen LogP contribution < -0.4 is 5.32 Å². The van der Waals surface area contributed by atoms with Gasteiger partial charge >= 0.3 is 0 Å². The summed E-state index contributed by atoms with van der Waals surface area (Å²) in [6.45, 7) is 1.43. The molecule has 0 aliphatic carbocycles. The van der Waals surface area contributed by atoms with Gasteiger partial charge in [-0.3, -0.25) is 0 Å². The zero-order valence-corrected chi connectivity index (χ0v) is 10.3. The van der Waals surface area contributed by atoms with Gasteiger partial charge in [0.25, 0.3) is 0 Å². The minimum absolute atomic E-state index is 0.0896. The third-order valence-electron chi connectivity index (χ3n) is 5.24. The largest absolute Gasteiger partial charge is 0.396 e. The van der Waals surface area contributed by atoms with Gasteiger partial charge in [0.05, 0.1) is 12.2 Å². The first-order chi connectivity index (χ1) is 8.17. The van der Waals surface area contributed by atoms with Crippen molar-refractivity contribution in [2.45, 2.75) is 56.2 Å². The molecule has 2 unspecified atom stereocenters. The summed E-state index contributed by atoms with van der Waals surface area (Å²) < 4.78 is 5.39. The summed E-state index contributed by atoms with van der Waals surface area (Å²) in [5, 5.41) is 24.4. The van der Waals surface area contributed by atoms with Crippen LogP contribution in [0.5, 0.6) is 0 Å². The molecule has 3 fully saturated rings. The Kier molecular flexibility index (Phi) is 2.94. The van der Waals surface area contributed by atoms with Gasteiger partial charge in [0.15, 0.2) is 0 Å². The molecule has 2 bridgehead atoms. The van der Waals surface area contributed by atoms with Crippen LogP contribution in [0, 0.1) is 5.41 Å². The molecule has 2 atom stereocenters. The fourth-order valence-corrected chi connectivity index (χ4v) is 4.09. The number of hydrogen-bond acceptors (Lipinski definition) is 4. The molecule has 0 aromatic heterocycles. The van der Waals surface area contributed by atoms with E-state index in [1.165, 1.54) is 12.8 Å². The summed E-state index contributed by atoms with van der Waals surface area (Å²) in [6, 6.07) is 0.898. The standard InChI is InChI=1S/C13H23NO3/c15-9-12(3-5-17-6-4-12)13(16)7-10-1-2-11(8-13)14-10/h10-11,14-16H,1-9H2. The van der Waals surface area contributed by atoms with Crippen LogP contribution >= 0.6 is 0 Å². The molecule has 4 nitrogen and oxygen atoms in total. The summed E-state index contributed by atoms with van der Waals surface area (Å²) >= 11 is 0. The number of nitrogens with one attached hydrogen (secondary N) is 1. The SMILES string of the molecule is OCC1(C2(O)CC3CCC(C2)N3)CCOCC1. The maximum atomic E-state index is 11.1. The molecule has 98 valence electrons. The highest BCUT2D eigenvalue weighted by Crippen LogP contribution is 2.49. The highest BCUT2D eigenvalue weighted by molar-refractivity contribution is 5.08. The van der Waals surface area contributed by atoms with Gasteiger partial charge in [0.1, 0.15) is 0 Å². The van der Waals surface area contributed by atoms with Crippen molar-refractivity contribution < 1.29 is 14.9 Å². The first-order valence-electron chi connectivity index (χ1n) is 6.85. The van der Waals surface area contributed by atoms with Crippen molar-refractivity contribution in [2.24, 2.45) is 5.41 Å². The third-order valence-corrected chi connectivity index (χ3v) is 5.24. The van der Waals surface area contributed by atoms with E-state index >= 15 is 0 Å². The average molecular weight is 241 g/mol. The van der Waals surface area contributed by atoms with Crippen LogP contribution in [0.25, 0.3) is 0 Å². The molecule has 0 spiro atoms. The van der Waals surface area contributed by atoms with Gasteiger partial charge in [-0.15, -0.1) is 0 Å². The second kappa shape index (κ2) is 4.19. The van der Waals surface area contributed by atoms with Gasteiger partial charge < -0.3 is 20.3 Å². The van der Waals surface area contributed by atoms with Crippen molar-refractivity contribution in [3.63, 3.8) is 0 Å². The Hall–Kier alpha value is -0.160. The van der Waals surface area contributed by atoms with E-state index in [0.29, 0.717) is 25.3 Å². The van der Waals surface area contributed by atoms with Crippen molar-refractivity contribution in [2.75, 3.05) is 19.8 Å². The van der Waals surface area contributed by atoms with Gasteiger partial charge in [-0.05, 0) is 38.5 Å². The van der Waals surface area contributed by atoms with E-state index in [2.05, 4.69) is 5.32 Å². The lowest BCUT2D eigenvalue weighted by molar-refractivity contribution is -0.171. The number of hydrogen-bond donors (Lipinski definition) is 3. The van der Waals surface area contributed by atoms with Crippen LogP contribution in [0.2, 0.25) is 0 Å². The maximum absolute atomic E-state index is 11.1. The lowest BCUT2D eigenvalue weighted by Gasteiger charge is -2.52. The summed E-state index contributed by atoms with van der Waals surface area (Å²) in [6.07, 6.45) is 5.52. The predicted octanol–water partition coefficient (Wildman–Crippen LogP) is 0.421. The van der Waals surface area contributed by atoms with Gasteiger partial charge in [-0.25, -0.2) is 0 Å². The van der Waals surface area contributed by atoms with E-state index in [9.17, 15) is 10.2 Å². The Bertz CT molecular complexity index is 276. The molecular formula is C13H23NO3. The number of aliphatic hydroxyl groups excluding tert-OH is 1. The highest BCUT2D eigenvalue weighted by Gasteiger charge is 2.55. The van der Waals surface area contributed by atoms with E-state index in [4.69, 9.17) is 4.74 Å². The maximum Gasteiger partial charge on any atom is 0.0756 e. The van der Waals surface area contributed by atoms with Crippen molar-refractivity contribution in [3.05, 3.63) is 0 Å². The number of rotatable bonds is 2. The first-order valence-corrected chi connectivity index (χ1v) is 6.85. The minimum atomic E-state index is -0.692. The summed E-state index contributed by atoms with van der Waals surface area (Å²) in [5.74, 6) is 0. The van der Waals surface area contributed by atoms with Crippen molar-refractivity contribution in [3.8, 4) is 0 Å². The lowest BCUT2D eigenvalue weighted by atomic mass is 9.62. The fraction of sp³-hybridized carbons (Fsp3) is 1.00. The van der Waals surface area contributed by atoms with E-state index in [-0.39, 0.29) is 12.0 Å². The minimum Gasteiger partial charge on any atom is -0.396 e. The second-order valence-corrected chi connectivity index (χ2v) is 6.13. The van der Waals surface area contributed by atoms with Crippen molar-refractivity contribution in [1.29, 1.82) is 0 Å². The zero-order valence-electron chi connectivity index (χ0n) is 10.3. The van der Waals surface area contributed by atoms with Gasteiger partial charge in [-0.1, -0.05) is 0 Å². The topological polar surface area (TPSA) is 61.7 Å². The molecule has 3 N–H and O–H groups in total. The molecule has 0 radical (unpaired) electrons.